The van der Waals surface area contributed by atoms with E-state index in [9.17, 15) is 21.6 Å². The summed E-state index contributed by atoms with van der Waals surface area (Å²) in [4.78, 5) is 1.90. The van der Waals surface area contributed by atoms with Crippen molar-refractivity contribution in [1.29, 1.82) is 0 Å². The number of rotatable bonds is 8. The lowest BCUT2D eigenvalue weighted by Crippen LogP contribution is -2.28. The zero-order chi connectivity index (χ0) is 40.4. The zero-order valence-corrected chi connectivity index (χ0v) is 32.7. The lowest BCUT2D eigenvalue weighted by atomic mass is 9.67. The molecule has 10 rings (SSSR count). The molecule has 0 spiro atoms. The van der Waals surface area contributed by atoms with Crippen molar-refractivity contribution in [2.45, 2.75) is 10.9 Å². The molecular formula is C50H32F3NO3S2. The third kappa shape index (κ3) is 5.91. The van der Waals surface area contributed by atoms with Gasteiger partial charge >= 0.3 is 15.6 Å². The van der Waals surface area contributed by atoms with E-state index >= 15 is 0 Å². The van der Waals surface area contributed by atoms with Gasteiger partial charge in [-0.3, -0.25) is 0 Å². The van der Waals surface area contributed by atoms with Crippen molar-refractivity contribution < 1.29 is 25.8 Å². The van der Waals surface area contributed by atoms with Gasteiger partial charge in [0, 0.05) is 32.9 Å². The number of anilines is 3. The maximum atomic E-state index is 13.8. The van der Waals surface area contributed by atoms with E-state index in [2.05, 4.69) is 103 Å². The predicted octanol–water partition coefficient (Wildman–Crippen LogP) is 13.8. The molecule has 4 nitrogen and oxygen atoms in total. The first-order chi connectivity index (χ1) is 28.6. The summed E-state index contributed by atoms with van der Waals surface area (Å²) < 4.78 is 73.0. The van der Waals surface area contributed by atoms with Gasteiger partial charge in [0.2, 0.25) is 0 Å². The minimum atomic E-state index is -5.99. The van der Waals surface area contributed by atoms with Crippen LogP contribution in [-0.4, -0.2) is 13.9 Å². The number of alkyl halides is 3. The summed E-state index contributed by atoms with van der Waals surface area (Å²) in [6.45, 7) is 0. The molecule has 288 valence electrons. The standard InChI is InChI=1S/C50H32F3NO3S2/c51-50(52,53)59(55,56)57-38-31-42-41-30-33(28-29-46(41)58-48(42)45(32-38)54(36-20-9-3-10-21-36)37-22-11-4-12-23-37)39-25-15-27-44-47(39)40-24-13-14-26-43(40)49(44,34-16-5-1-6-17-34)35-18-7-2-8-19-35/h1-32H. The number of hydrogen-bond donors (Lipinski definition) is 0. The Bertz CT molecular complexity index is 3060. The predicted molar refractivity (Wildman–Crippen MR) is 232 cm³/mol. The molecule has 59 heavy (non-hydrogen) atoms. The van der Waals surface area contributed by atoms with E-state index in [0.717, 1.165) is 65.1 Å². The Hall–Kier alpha value is -6.68. The quantitative estimate of drug-likeness (QED) is 0.113. The van der Waals surface area contributed by atoms with Crippen molar-refractivity contribution in [3.05, 3.63) is 216 Å². The molecule has 0 saturated heterocycles. The second kappa shape index (κ2) is 14.0. The largest absolute Gasteiger partial charge is 0.534 e. The Labute approximate surface area is 343 Å². The molecule has 0 aliphatic heterocycles. The van der Waals surface area contributed by atoms with E-state index in [0.29, 0.717) is 11.1 Å². The SMILES string of the molecule is O=S(=O)(Oc1cc(N(c2ccccc2)c2ccccc2)c2sc3ccc(-c4cccc5c4-c4ccccc4C5(c4ccccc4)c4ccccc4)cc3c2c1)C(F)(F)F. The molecule has 0 unspecified atom stereocenters. The Morgan fingerprint density at radius 2 is 1.08 bits per heavy atom. The maximum Gasteiger partial charge on any atom is 0.534 e. The van der Waals surface area contributed by atoms with Crippen LogP contribution in [0.5, 0.6) is 5.75 Å². The summed E-state index contributed by atoms with van der Waals surface area (Å²) in [6, 6.07) is 63.7. The summed E-state index contributed by atoms with van der Waals surface area (Å²) >= 11 is 1.48. The fourth-order valence-corrected chi connectivity index (χ4v) is 10.3. The third-order valence-corrected chi connectivity index (χ3v) is 13.3. The molecular weight excluding hydrogens is 784 g/mol. The average molecular weight is 816 g/mol. The van der Waals surface area contributed by atoms with Crippen molar-refractivity contribution in [1.82, 2.24) is 0 Å². The number of para-hydroxylation sites is 2. The van der Waals surface area contributed by atoms with Gasteiger partial charge in [-0.15, -0.1) is 11.3 Å². The van der Waals surface area contributed by atoms with Gasteiger partial charge in [0.05, 0.1) is 15.8 Å². The molecule has 9 aromatic rings. The smallest absolute Gasteiger partial charge is 0.376 e. The first kappa shape index (κ1) is 36.6. The van der Waals surface area contributed by atoms with Crippen molar-refractivity contribution in [2.75, 3.05) is 4.90 Å². The molecule has 0 bridgehead atoms. The fourth-order valence-electron chi connectivity index (χ4n) is 8.71. The van der Waals surface area contributed by atoms with Gasteiger partial charge in [-0.2, -0.15) is 21.6 Å². The lowest BCUT2D eigenvalue weighted by molar-refractivity contribution is -0.0500. The van der Waals surface area contributed by atoms with Gasteiger partial charge in [0.1, 0.15) is 5.75 Å². The van der Waals surface area contributed by atoms with E-state index in [1.54, 1.807) is 0 Å². The summed E-state index contributed by atoms with van der Waals surface area (Å²) in [6.07, 6.45) is 0. The van der Waals surface area contributed by atoms with Crippen LogP contribution in [0.4, 0.5) is 30.2 Å². The minimum Gasteiger partial charge on any atom is -0.376 e. The summed E-state index contributed by atoms with van der Waals surface area (Å²) in [5.41, 5.74) is 4.39. The van der Waals surface area contributed by atoms with Crippen LogP contribution in [0.3, 0.4) is 0 Å². The molecule has 0 saturated carbocycles. The fraction of sp³-hybridized carbons (Fsp3) is 0.0400. The highest BCUT2D eigenvalue weighted by atomic mass is 32.2. The van der Waals surface area contributed by atoms with Gasteiger partial charge in [-0.1, -0.05) is 146 Å². The monoisotopic (exact) mass is 815 g/mol. The highest BCUT2D eigenvalue weighted by molar-refractivity contribution is 7.88. The second-order valence-corrected chi connectivity index (χ2v) is 17.0. The minimum absolute atomic E-state index is 0.447. The molecule has 9 heteroatoms. The molecule has 0 amide bonds. The summed E-state index contributed by atoms with van der Waals surface area (Å²) in [5, 5.41) is 1.31. The first-order valence-electron chi connectivity index (χ1n) is 18.9. The van der Waals surface area contributed by atoms with E-state index in [4.69, 9.17) is 4.18 Å². The molecule has 0 atom stereocenters. The van der Waals surface area contributed by atoms with Gasteiger partial charge in [-0.05, 0) is 87.0 Å². The molecule has 1 heterocycles. The van der Waals surface area contributed by atoms with E-state index < -0.39 is 26.8 Å². The molecule has 1 aliphatic carbocycles. The van der Waals surface area contributed by atoms with Crippen LogP contribution in [0, 0.1) is 0 Å². The van der Waals surface area contributed by atoms with Gasteiger partial charge in [0.25, 0.3) is 0 Å². The van der Waals surface area contributed by atoms with Gasteiger partial charge < -0.3 is 9.08 Å². The van der Waals surface area contributed by atoms with Crippen LogP contribution < -0.4 is 9.08 Å². The Balaban J connectivity index is 1.23. The van der Waals surface area contributed by atoms with E-state index in [1.807, 2.05) is 83.8 Å². The molecule has 0 radical (unpaired) electrons. The van der Waals surface area contributed by atoms with Crippen LogP contribution >= 0.6 is 11.3 Å². The molecule has 1 aliphatic rings. The van der Waals surface area contributed by atoms with Crippen LogP contribution in [0.25, 0.3) is 42.4 Å². The molecule has 8 aromatic carbocycles. The Morgan fingerprint density at radius 3 is 1.69 bits per heavy atom. The van der Waals surface area contributed by atoms with E-state index in [-0.39, 0.29) is 0 Å². The molecule has 0 fully saturated rings. The first-order valence-corrected chi connectivity index (χ1v) is 21.1. The van der Waals surface area contributed by atoms with E-state index in [1.165, 1.54) is 29.0 Å². The number of benzene rings is 8. The van der Waals surface area contributed by atoms with Gasteiger partial charge in [-0.25, -0.2) is 0 Å². The van der Waals surface area contributed by atoms with Crippen LogP contribution in [0.15, 0.2) is 194 Å². The second-order valence-electron chi connectivity index (χ2n) is 14.4. The number of hydrogen-bond acceptors (Lipinski definition) is 5. The third-order valence-electron chi connectivity index (χ3n) is 11.1. The number of thiophene rings is 1. The van der Waals surface area contributed by atoms with Crippen molar-refractivity contribution in [3.8, 4) is 28.0 Å². The topological polar surface area (TPSA) is 46.6 Å². The van der Waals surface area contributed by atoms with Crippen molar-refractivity contribution in [3.63, 3.8) is 0 Å². The van der Waals surface area contributed by atoms with Crippen LogP contribution in [0.1, 0.15) is 22.3 Å². The average Bonchev–Trinajstić information content (AvgIpc) is 3.78. The Kier molecular flexibility index (Phi) is 8.70. The van der Waals surface area contributed by atoms with Crippen LogP contribution in [0.2, 0.25) is 0 Å². The lowest BCUT2D eigenvalue weighted by Gasteiger charge is -2.34. The van der Waals surface area contributed by atoms with Crippen molar-refractivity contribution >= 4 is 58.7 Å². The maximum absolute atomic E-state index is 13.8. The number of halogens is 3. The number of fused-ring (bicyclic) bond motifs is 6. The molecule has 1 aromatic heterocycles. The zero-order valence-electron chi connectivity index (χ0n) is 31.1. The van der Waals surface area contributed by atoms with Gasteiger partial charge in [0.15, 0.2) is 0 Å². The van der Waals surface area contributed by atoms with Crippen LogP contribution in [-0.2, 0) is 15.5 Å². The summed E-state index contributed by atoms with van der Waals surface area (Å²) in [5.74, 6) is -0.447. The summed E-state index contributed by atoms with van der Waals surface area (Å²) in [7, 11) is -5.99. The number of nitrogens with zero attached hydrogens (tertiary/aromatic N) is 1. The van der Waals surface area contributed by atoms with Crippen molar-refractivity contribution in [2.24, 2.45) is 0 Å². The normalized spacial score (nSPS) is 13.3. The highest BCUT2D eigenvalue weighted by Gasteiger charge is 2.49. The highest BCUT2D eigenvalue weighted by Crippen LogP contribution is 2.58. The molecule has 0 N–H and O–H groups in total. The Morgan fingerprint density at radius 1 is 0.542 bits per heavy atom.